The van der Waals surface area contributed by atoms with E-state index in [0.717, 1.165) is 0 Å². The molecule has 0 N–H and O–H groups in total. The van der Waals surface area contributed by atoms with Crippen LogP contribution in [0, 0.1) is 12.3 Å². The summed E-state index contributed by atoms with van der Waals surface area (Å²) in [7, 11) is 0. The number of esters is 1. The van der Waals surface area contributed by atoms with Crippen molar-refractivity contribution in [1.82, 2.24) is 0 Å². The minimum absolute atomic E-state index is 0.0477. The van der Waals surface area contributed by atoms with E-state index in [2.05, 4.69) is 5.92 Å². The molecule has 0 bridgehead atoms. The number of ether oxygens (including phenoxy) is 2. The van der Waals surface area contributed by atoms with E-state index >= 15 is 0 Å². The topological polar surface area (TPSA) is 35.5 Å². The van der Waals surface area contributed by atoms with Crippen LogP contribution in [0.1, 0.15) is 18.6 Å². The third kappa shape index (κ3) is 4.10. The molecule has 0 aliphatic rings. The summed E-state index contributed by atoms with van der Waals surface area (Å²) in [5.41, 5.74) is 0.670. The number of rotatable bonds is 5. The van der Waals surface area contributed by atoms with Crippen molar-refractivity contribution in [1.29, 1.82) is 0 Å². The number of hydrogen-bond donors (Lipinski definition) is 0. The average molecular weight is 253 g/mol. The summed E-state index contributed by atoms with van der Waals surface area (Å²) in [6, 6.07) is 6.78. The molecule has 1 rings (SSSR count). The first-order valence-corrected chi connectivity index (χ1v) is 5.54. The van der Waals surface area contributed by atoms with E-state index in [-0.39, 0.29) is 6.61 Å². The van der Waals surface area contributed by atoms with Crippen LogP contribution >= 0.6 is 11.6 Å². The Balaban J connectivity index is 2.85. The van der Waals surface area contributed by atoms with Crippen LogP contribution in [0.3, 0.4) is 0 Å². The van der Waals surface area contributed by atoms with Crippen molar-refractivity contribution in [3.05, 3.63) is 34.9 Å². The number of carbonyl (C=O) groups excluding carboxylic acids is 1. The van der Waals surface area contributed by atoms with Gasteiger partial charge in [0, 0.05) is 5.02 Å². The van der Waals surface area contributed by atoms with Crippen LogP contribution in [0.15, 0.2) is 24.3 Å². The average Bonchev–Trinajstić information content (AvgIpc) is 2.32. The lowest BCUT2D eigenvalue weighted by molar-refractivity contribution is -0.156. The molecule has 0 radical (unpaired) electrons. The predicted molar refractivity (Wildman–Crippen MR) is 65.6 cm³/mol. The Hall–Kier alpha value is -1.50. The minimum atomic E-state index is -0.803. The van der Waals surface area contributed by atoms with E-state index in [9.17, 15) is 4.79 Å². The van der Waals surface area contributed by atoms with Crippen molar-refractivity contribution in [3.63, 3.8) is 0 Å². The number of hydrogen-bond acceptors (Lipinski definition) is 3. The van der Waals surface area contributed by atoms with Crippen molar-refractivity contribution >= 4 is 17.6 Å². The molecule has 90 valence electrons. The Labute approximate surface area is 106 Å². The van der Waals surface area contributed by atoms with Gasteiger partial charge >= 0.3 is 5.97 Å². The monoisotopic (exact) mass is 252 g/mol. The second kappa shape index (κ2) is 6.95. The van der Waals surface area contributed by atoms with Gasteiger partial charge in [-0.25, -0.2) is 4.79 Å². The van der Waals surface area contributed by atoms with Crippen molar-refractivity contribution in [3.8, 4) is 12.3 Å². The van der Waals surface area contributed by atoms with Crippen LogP contribution in [0.4, 0.5) is 0 Å². The van der Waals surface area contributed by atoms with Gasteiger partial charge in [0.15, 0.2) is 6.10 Å². The fourth-order valence-corrected chi connectivity index (χ4v) is 1.41. The van der Waals surface area contributed by atoms with Crippen molar-refractivity contribution in [2.75, 3.05) is 13.2 Å². The summed E-state index contributed by atoms with van der Waals surface area (Å²) in [5, 5.41) is 0.591. The van der Waals surface area contributed by atoms with Gasteiger partial charge in [-0.15, -0.1) is 6.42 Å². The zero-order valence-corrected chi connectivity index (χ0v) is 10.2. The van der Waals surface area contributed by atoms with E-state index in [1.165, 1.54) is 0 Å². The van der Waals surface area contributed by atoms with Crippen LogP contribution in [0.5, 0.6) is 0 Å². The maximum absolute atomic E-state index is 11.7. The van der Waals surface area contributed by atoms with Gasteiger partial charge in [-0.1, -0.05) is 29.7 Å². The van der Waals surface area contributed by atoms with Crippen LogP contribution in [0.2, 0.25) is 5.02 Å². The van der Waals surface area contributed by atoms with Gasteiger partial charge < -0.3 is 9.47 Å². The molecule has 4 heteroatoms. The molecule has 1 aromatic carbocycles. The van der Waals surface area contributed by atoms with E-state index < -0.39 is 12.1 Å². The molecule has 1 aromatic rings. The Morgan fingerprint density at radius 1 is 1.47 bits per heavy atom. The Kier molecular flexibility index (Phi) is 5.55. The molecular weight excluding hydrogens is 240 g/mol. The molecule has 0 saturated carbocycles. The number of benzene rings is 1. The lowest BCUT2D eigenvalue weighted by Crippen LogP contribution is -2.19. The molecule has 17 heavy (non-hydrogen) atoms. The van der Waals surface area contributed by atoms with Gasteiger partial charge in [0.05, 0.1) is 6.61 Å². The largest absolute Gasteiger partial charge is 0.464 e. The summed E-state index contributed by atoms with van der Waals surface area (Å²) in [6.07, 6.45) is 4.30. The van der Waals surface area contributed by atoms with Gasteiger partial charge in [0.1, 0.15) is 6.61 Å². The van der Waals surface area contributed by atoms with Crippen molar-refractivity contribution in [2.24, 2.45) is 0 Å². The first kappa shape index (κ1) is 13.6. The molecule has 0 aliphatic heterocycles. The molecule has 0 saturated heterocycles. The standard InChI is InChI=1S/C13H13ClO3/c1-3-9-17-12(13(15)16-4-2)10-5-7-11(14)8-6-10/h1,5-8,12H,4,9H2,2H3. The summed E-state index contributed by atoms with van der Waals surface area (Å²) in [6.45, 7) is 2.08. The SMILES string of the molecule is C#CCOC(C(=O)OCC)c1ccc(Cl)cc1. The molecule has 1 unspecified atom stereocenters. The normalized spacial score (nSPS) is 11.6. The maximum Gasteiger partial charge on any atom is 0.339 e. The van der Waals surface area contributed by atoms with Crippen molar-refractivity contribution in [2.45, 2.75) is 13.0 Å². The zero-order chi connectivity index (χ0) is 12.7. The summed E-state index contributed by atoms with van der Waals surface area (Å²) in [4.78, 5) is 11.7. The van der Waals surface area contributed by atoms with E-state index in [1.807, 2.05) is 0 Å². The molecule has 0 spiro atoms. The summed E-state index contributed by atoms with van der Waals surface area (Å²) in [5.74, 6) is 1.87. The molecule has 0 heterocycles. The highest BCUT2D eigenvalue weighted by atomic mass is 35.5. The third-order valence-electron chi connectivity index (χ3n) is 2.01. The molecule has 0 aromatic heterocycles. The molecule has 0 fully saturated rings. The predicted octanol–water partition coefficient (Wildman–Crippen LogP) is 2.59. The van der Waals surface area contributed by atoms with Crippen LogP contribution in [0.25, 0.3) is 0 Å². The minimum Gasteiger partial charge on any atom is -0.464 e. The fraction of sp³-hybridized carbons (Fsp3) is 0.308. The van der Waals surface area contributed by atoms with Gasteiger partial charge in [0.25, 0.3) is 0 Å². The van der Waals surface area contributed by atoms with E-state index in [1.54, 1.807) is 31.2 Å². The maximum atomic E-state index is 11.7. The number of carbonyl (C=O) groups is 1. The lowest BCUT2D eigenvalue weighted by Gasteiger charge is -2.15. The smallest absolute Gasteiger partial charge is 0.339 e. The molecular formula is C13H13ClO3. The third-order valence-corrected chi connectivity index (χ3v) is 2.26. The van der Waals surface area contributed by atoms with E-state index in [0.29, 0.717) is 17.2 Å². The molecule has 0 aliphatic carbocycles. The van der Waals surface area contributed by atoms with Gasteiger partial charge in [-0.2, -0.15) is 0 Å². The Morgan fingerprint density at radius 3 is 2.65 bits per heavy atom. The van der Waals surface area contributed by atoms with Crippen LogP contribution in [-0.4, -0.2) is 19.2 Å². The highest BCUT2D eigenvalue weighted by Crippen LogP contribution is 2.21. The van der Waals surface area contributed by atoms with Crippen LogP contribution < -0.4 is 0 Å². The molecule has 3 nitrogen and oxygen atoms in total. The number of terminal acetylenes is 1. The highest BCUT2D eigenvalue weighted by Gasteiger charge is 2.22. The number of halogens is 1. The highest BCUT2D eigenvalue weighted by molar-refractivity contribution is 6.30. The second-order valence-corrected chi connectivity index (χ2v) is 3.64. The summed E-state index contributed by atoms with van der Waals surface area (Å²) < 4.78 is 10.2. The van der Waals surface area contributed by atoms with Crippen LogP contribution in [-0.2, 0) is 14.3 Å². The lowest BCUT2D eigenvalue weighted by atomic mass is 10.1. The fourth-order valence-electron chi connectivity index (χ4n) is 1.29. The van der Waals surface area contributed by atoms with Gasteiger partial charge in [-0.3, -0.25) is 0 Å². The quantitative estimate of drug-likeness (QED) is 0.597. The van der Waals surface area contributed by atoms with E-state index in [4.69, 9.17) is 27.5 Å². The summed E-state index contributed by atoms with van der Waals surface area (Å²) >= 11 is 5.77. The second-order valence-electron chi connectivity index (χ2n) is 3.20. The van der Waals surface area contributed by atoms with Gasteiger partial charge in [0.2, 0.25) is 0 Å². The molecule has 0 amide bonds. The first-order valence-electron chi connectivity index (χ1n) is 5.16. The van der Waals surface area contributed by atoms with Crippen molar-refractivity contribution < 1.29 is 14.3 Å². The Morgan fingerprint density at radius 2 is 2.12 bits per heavy atom. The van der Waals surface area contributed by atoms with Gasteiger partial charge in [-0.05, 0) is 24.6 Å². The molecule has 1 atom stereocenters. The first-order chi connectivity index (χ1) is 8.19. The Bertz CT molecular complexity index is 406. The zero-order valence-electron chi connectivity index (χ0n) is 9.48.